The third-order valence-corrected chi connectivity index (χ3v) is 6.74. The monoisotopic (exact) mass is 444 g/mol. The molecule has 1 aromatic rings. The fourth-order valence-corrected chi connectivity index (χ4v) is 4.93. The van der Waals surface area contributed by atoms with Gasteiger partial charge < -0.3 is 4.74 Å². The Morgan fingerprint density at radius 1 is 0.968 bits per heavy atom. The van der Waals surface area contributed by atoms with Crippen LogP contribution in [-0.2, 0) is 12.6 Å². The van der Waals surface area contributed by atoms with E-state index in [1.54, 1.807) is 0 Å². The molecule has 0 radical (unpaired) electrons. The number of hydrogen-bond donors (Lipinski definition) is 0. The van der Waals surface area contributed by atoms with Gasteiger partial charge in [-0.3, -0.25) is 0 Å². The molecule has 1 aliphatic carbocycles. The maximum Gasteiger partial charge on any atom is 0.419 e. The summed E-state index contributed by atoms with van der Waals surface area (Å²) in [5.41, 5.74) is -1.02. The molecular formula is C25H33F5O. The minimum absolute atomic E-state index is 0.217. The molecule has 1 aromatic carbocycles. The molecule has 6 heteroatoms. The molecule has 0 aromatic heterocycles. The highest BCUT2D eigenvalue weighted by Crippen LogP contribution is 2.45. The Morgan fingerprint density at radius 2 is 1.68 bits per heavy atom. The van der Waals surface area contributed by atoms with E-state index < -0.39 is 29.3 Å². The summed E-state index contributed by atoms with van der Waals surface area (Å²) in [5, 5.41) is 0. The summed E-state index contributed by atoms with van der Waals surface area (Å²) in [6.07, 6.45) is 3.61. The van der Waals surface area contributed by atoms with E-state index in [1.165, 1.54) is 6.07 Å². The Bertz CT molecular complexity index is 775. The van der Waals surface area contributed by atoms with Crippen molar-refractivity contribution in [2.45, 2.75) is 96.8 Å². The second-order valence-electron chi connectivity index (χ2n) is 9.10. The van der Waals surface area contributed by atoms with Crippen molar-refractivity contribution in [1.82, 2.24) is 0 Å². The first-order valence-electron chi connectivity index (χ1n) is 11.7. The Labute approximate surface area is 182 Å². The van der Waals surface area contributed by atoms with Crippen LogP contribution in [0.3, 0.4) is 0 Å². The zero-order valence-corrected chi connectivity index (χ0v) is 18.5. The van der Waals surface area contributed by atoms with Crippen LogP contribution in [0.2, 0.25) is 0 Å². The molecule has 3 rings (SSSR count). The lowest BCUT2D eigenvalue weighted by Crippen LogP contribution is -2.25. The number of aryl methyl sites for hydroxylation is 1. The Kier molecular flexibility index (Phi) is 8.03. The molecule has 1 fully saturated rings. The van der Waals surface area contributed by atoms with E-state index in [0.29, 0.717) is 43.6 Å². The number of rotatable bonds is 7. The van der Waals surface area contributed by atoms with Gasteiger partial charge in [0.05, 0.1) is 11.7 Å². The van der Waals surface area contributed by atoms with Crippen molar-refractivity contribution in [3.05, 3.63) is 34.6 Å². The van der Waals surface area contributed by atoms with E-state index in [9.17, 15) is 17.6 Å². The number of ether oxygens (including phenoxy) is 1. The number of halogens is 5. The second kappa shape index (κ2) is 10.4. The third kappa shape index (κ3) is 5.81. The van der Waals surface area contributed by atoms with Crippen LogP contribution in [0.15, 0.2) is 18.0 Å². The maximum absolute atomic E-state index is 15.0. The van der Waals surface area contributed by atoms with Gasteiger partial charge in [0.2, 0.25) is 0 Å². The molecule has 174 valence electrons. The molecule has 1 aliphatic heterocycles. The van der Waals surface area contributed by atoms with Gasteiger partial charge in [0, 0.05) is 11.5 Å². The van der Waals surface area contributed by atoms with Gasteiger partial charge in [0.1, 0.15) is 11.6 Å². The van der Waals surface area contributed by atoms with Gasteiger partial charge in [-0.1, -0.05) is 39.5 Å². The van der Waals surface area contributed by atoms with Gasteiger partial charge in [0.15, 0.2) is 5.83 Å². The lowest BCUT2D eigenvalue weighted by atomic mass is 9.79. The highest BCUT2D eigenvalue weighted by Gasteiger charge is 2.39. The summed E-state index contributed by atoms with van der Waals surface area (Å²) in [4.78, 5) is 0. The maximum atomic E-state index is 15.0. The minimum atomic E-state index is -4.69. The number of benzene rings is 1. The fraction of sp³-hybridized carbons (Fsp3) is 0.680. The lowest BCUT2D eigenvalue weighted by Gasteiger charge is -2.29. The van der Waals surface area contributed by atoms with Crippen molar-refractivity contribution >= 4 is 5.83 Å². The number of hydrogen-bond acceptors (Lipinski definition) is 1. The summed E-state index contributed by atoms with van der Waals surface area (Å²) in [6, 6.07) is 2.06. The molecule has 1 atom stereocenters. The van der Waals surface area contributed by atoms with Crippen molar-refractivity contribution < 1.29 is 26.7 Å². The molecule has 1 heterocycles. The van der Waals surface area contributed by atoms with E-state index in [4.69, 9.17) is 4.74 Å². The van der Waals surface area contributed by atoms with Gasteiger partial charge in [-0.2, -0.15) is 13.2 Å². The smallest absolute Gasteiger partial charge is 0.419 e. The first-order valence-corrected chi connectivity index (χ1v) is 11.7. The molecule has 1 nitrogen and oxygen atoms in total. The summed E-state index contributed by atoms with van der Waals surface area (Å²) in [6.45, 7) is 4.08. The molecule has 2 aliphatic rings. The van der Waals surface area contributed by atoms with Crippen LogP contribution in [0.25, 0.3) is 5.83 Å². The molecule has 0 saturated heterocycles. The first-order chi connectivity index (χ1) is 14.7. The number of alkyl halides is 3. The molecule has 1 saturated carbocycles. The van der Waals surface area contributed by atoms with E-state index in [2.05, 4.69) is 6.92 Å². The molecule has 0 amide bonds. The average molecular weight is 445 g/mol. The van der Waals surface area contributed by atoms with Crippen LogP contribution in [0, 0.1) is 11.8 Å². The van der Waals surface area contributed by atoms with Crippen LogP contribution in [0.5, 0.6) is 5.75 Å². The van der Waals surface area contributed by atoms with Crippen molar-refractivity contribution in [1.29, 1.82) is 0 Å². The van der Waals surface area contributed by atoms with Crippen LogP contribution in [0.4, 0.5) is 22.0 Å². The normalized spacial score (nSPS) is 24.9. The van der Waals surface area contributed by atoms with E-state index in [0.717, 1.165) is 44.6 Å². The number of fused-ring (bicyclic) bond motifs is 1. The van der Waals surface area contributed by atoms with E-state index in [-0.39, 0.29) is 17.4 Å². The molecule has 0 spiro atoms. The zero-order chi connectivity index (χ0) is 22.6. The highest BCUT2D eigenvalue weighted by molar-refractivity contribution is 5.65. The molecule has 31 heavy (non-hydrogen) atoms. The number of unbranched alkanes of at least 4 members (excludes halogenated alkanes) is 1. The summed E-state index contributed by atoms with van der Waals surface area (Å²) in [5.74, 6) is -2.27. The quantitative estimate of drug-likeness (QED) is 0.382. The van der Waals surface area contributed by atoms with Crippen molar-refractivity contribution in [2.75, 3.05) is 0 Å². The summed E-state index contributed by atoms with van der Waals surface area (Å²) < 4.78 is 76.8. The second-order valence-corrected chi connectivity index (χ2v) is 9.10. The number of allylic oxidation sites excluding steroid dienone is 1. The van der Waals surface area contributed by atoms with Crippen LogP contribution in [-0.4, -0.2) is 6.10 Å². The highest BCUT2D eigenvalue weighted by atomic mass is 19.4. The summed E-state index contributed by atoms with van der Waals surface area (Å²) >= 11 is 0. The van der Waals surface area contributed by atoms with Crippen LogP contribution >= 0.6 is 0 Å². The minimum Gasteiger partial charge on any atom is -0.489 e. The SMILES string of the molecule is CCCCC1CCC(C(F)=C(F)c2cc3c(c(C(F)(F)F)c2)OC(CCC)CC3)CC1. The zero-order valence-electron chi connectivity index (χ0n) is 18.5. The third-order valence-electron chi connectivity index (χ3n) is 6.74. The fourth-order valence-electron chi connectivity index (χ4n) is 4.93. The van der Waals surface area contributed by atoms with Crippen LogP contribution < -0.4 is 4.74 Å². The standard InChI is InChI=1S/C25H33F5O/c1-3-5-7-16-8-10-17(11-9-16)22(26)23(27)19-14-18-12-13-20(6-4-2)31-24(18)21(15-19)25(28,29)30/h14-17,20H,3-13H2,1-2H3. The largest absolute Gasteiger partial charge is 0.489 e. The van der Waals surface area contributed by atoms with Gasteiger partial charge in [-0.05, 0) is 68.6 Å². The first kappa shape index (κ1) is 24.1. The topological polar surface area (TPSA) is 9.23 Å². The summed E-state index contributed by atoms with van der Waals surface area (Å²) in [7, 11) is 0. The van der Waals surface area contributed by atoms with Gasteiger partial charge in [-0.25, -0.2) is 8.78 Å². The predicted molar refractivity (Wildman–Crippen MR) is 113 cm³/mol. The average Bonchev–Trinajstić information content (AvgIpc) is 2.75. The Balaban J connectivity index is 1.85. The lowest BCUT2D eigenvalue weighted by molar-refractivity contribution is -0.139. The predicted octanol–water partition coefficient (Wildman–Crippen LogP) is 8.80. The van der Waals surface area contributed by atoms with Crippen LogP contribution in [0.1, 0.15) is 94.7 Å². The van der Waals surface area contributed by atoms with Crippen molar-refractivity contribution in [2.24, 2.45) is 11.8 Å². The van der Waals surface area contributed by atoms with Gasteiger partial charge in [-0.15, -0.1) is 0 Å². The Hall–Kier alpha value is -1.59. The molecule has 0 N–H and O–H groups in total. The van der Waals surface area contributed by atoms with E-state index >= 15 is 4.39 Å². The molecule has 1 unspecified atom stereocenters. The van der Waals surface area contributed by atoms with Gasteiger partial charge >= 0.3 is 6.18 Å². The van der Waals surface area contributed by atoms with Crippen molar-refractivity contribution in [3.63, 3.8) is 0 Å². The molecular weight excluding hydrogens is 411 g/mol. The molecule has 0 bridgehead atoms. The van der Waals surface area contributed by atoms with Gasteiger partial charge in [0.25, 0.3) is 0 Å². The van der Waals surface area contributed by atoms with Crippen molar-refractivity contribution in [3.8, 4) is 5.75 Å². The van der Waals surface area contributed by atoms with E-state index in [1.807, 2.05) is 6.92 Å². The Morgan fingerprint density at radius 3 is 2.29 bits per heavy atom.